The maximum Gasteiger partial charge on any atom is 0.328 e. The van der Waals surface area contributed by atoms with Crippen LogP contribution in [0.2, 0.25) is 0 Å². The van der Waals surface area contributed by atoms with Crippen molar-refractivity contribution >= 4 is 83.6 Å². The third kappa shape index (κ3) is 23.0. The van der Waals surface area contributed by atoms with Crippen molar-refractivity contribution in [3.63, 3.8) is 0 Å². The zero-order valence-electron chi connectivity index (χ0n) is 39.0. The lowest BCUT2D eigenvalue weighted by Crippen LogP contribution is -2.61. The quantitative estimate of drug-likeness (QED) is 0.0131. The minimum atomic E-state index is -1.66. The van der Waals surface area contributed by atoms with E-state index >= 15 is 0 Å². The normalized spacial score (nSPS) is 15.7. The van der Waals surface area contributed by atoms with Gasteiger partial charge in [0.05, 0.1) is 25.3 Å². The van der Waals surface area contributed by atoms with Crippen molar-refractivity contribution in [3.8, 4) is 0 Å². The first-order valence-corrected chi connectivity index (χ1v) is 23.7. The van der Waals surface area contributed by atoms with Gasteiger partial charge in [0.1, 0.15) is 36.3 Å². The number of nitrogens with one attached hydrogen (secondary N) is 8. The molecule has 0 aliphatic rings. The summed E-state index contributed by atoms with van der Waals surface area (Å²) in [5.74, 6) is -9.08. The molecule has 0 unspecified atom stereocenters. The van der Waals surface area contributed by atoms with Crippen LogP contribution in [0.5, 0.6) is 0 Å². The molecule has 0 aromatic rings. The Labute approximate surface area is 395 Å². The number of carbonyl (C=O) groups excluding carboxylic acids is 8. The van der Waals surface area contributed by atoms with E-state index < -0.39 is 133 Å². The summed E-state index contributed by atoms with van der Waals surface area (Å²) in [5.41, 5.74) is 16.7. The number of hydrogen-bond acceptors (Lipinski definition) is 15. The van der Waals surface area contributed by atoms with E-state index in [1.165, 1.54) is 18.7 Å². The van der Waals surface area contributed by atoms with Crippen LogP contribution in [0.1, 0.15) is 80.6 Å². The van der Waals surface area contributed by atoms with E-state index in [2.05, 4.69) is 60.2 Å². The average molecular weight is 979 g/mol. The van der Waals surface area contributed by atoms with Crippen molar-refractivity contribution in [3.05, 3.63) is 0 Å². The number of carbonyl (C=O) groups is 9. The van der Waals surface area contributed by atoms with E-state index in [9.17, 15) is 58.5 Å². The van der Waals surface area contributed by atoms with Gasteiger partial charge in [0, 0.05) is 12.3 Å². The van der Waals surface area contributed by atoms with Crippen LogP contribution in [0, 0.1) is 17.8 Å². The molecule has 26 heteroatoms. The Bertz CT molecular complexity index is 1650. The Morgan fingerprint density at radius 2 is 1.21 bits per heavy atom. The molecular formula is C40H74N12O12S2. The number of carboxylic acid groups (broad SMARTS) is 1. The number of aliphatic carboxylic acids is 1. The lowest BCUT2D eigenvalue weighted by Gasteiger charge is -2.28. The van der Waals surface area contributed by atoms with Crippen molar-refractivity contribution in [1.82, 2.24) is 42.5 Å². The third-order valence-corrected chi connectivity index (χ3v) is 11.1. The van der Waals surface area contributed by atoms with Crippen molar-refractivity contribution < 1.29 is 58.5 Å². The number of rotatable bonds is 32. The van der Waals surface area contributed by atoms with Crippen LogP contribution in [-0.4, -0.2) is 166 Å². The molecule has 0 heterocycles. The van der Waals surface area contributed by atoms with Crippen molar-refractivity contribution in [2.75, 3.05) is 37.5 Å². The number of aliphatic hydroxyl groups excluding tert-OH is 2. The van der Waals surface area contributed by atoms with E-state index in [0.717, 1.165) is 0 Å². The Morgan fingerprint density at radius 3 is 1.71 bits per heavy atom. The number of nitrogens with two attached hydrogens (primary N) is 3. The van der Waals surface area contributed by atoms with Gasteiger partial charge in [0.25, 0.3) is 0 Å². The second kappa shape index (κ2) is 31.9. The molecule has 378 valence electrons. The van der Waals surface area contributed by atoms with Crippen molar-refractivity contribution in [1.29, 1.82) is 0 Å². The molecule has 24 nitrogen and oxygen atoms in total. The number of carboxylic acids is 1. The highest BCUT2D eigenvalue weighted by Gasteiger charge is 2.35. The van der Waals surface area contributed by atoms with Crippen LogP contribution in [0.3, 0.4) is 0 Å². The molecule has 0 aromatic heterocycles. The highest BCUT2D eigenvalue weighted by atomic mass is 32.2. The maximum atomic E-state index is 13.5. The van der Waals surface area contributed by atoms with E-state index in [4.69, 9.17) is 17.2 Å². The van der Waals surface area contributed by atoms with Gasteiger partial charge in [-0.05, 0) is 62.4 Å². The standard InChI is InChI=1S/C40H74N12O12S2/c1-9-21(6)30(51-34(58)25(15-19(2)3)48-32(56)23(41)11-10-13-44-40(42)43)37(61)45-16-28(55)46-27(18-65)36(60)49-26(17-53)35(59)50-29(20(4)5)38(62)47-24(12-14-66-8)33(57)52-31(22(7)54)39(63)64/h19-27,29-31,53-54,65H,9-18,41H2,1-8H3,(H,45,61)(H,46,55)(H,47,62)(H,48,56)(H,49,60)(H,50,59)(H,51,58)(H,52,57)(H,63,64)(H4,42,43,44)/t21-,22+,23-,24-,25-,26-,27-,29-,30-,31-/m0/s1. The second-order valence-electron chi connectivity index (χ2n) is 16.5. The molecule has 0 aliphatic carbocycles. The highest BCUT2D eigenvalue weighted by molar-refractivity contribution is 7.98. The third-order valence-electron chi connectivity index (χ3n) is 10.0. The number of thioether (sulfide) groups is 1. The number of nitrogens with zero attached hydrogens (tertiary/aromatic N) is 1. The van der Waals surface area contributed by atoms with Crippen LogP contribution in [-0.2, 0) is 43.2 Å². The largest absolute Gasteiger partial charge is 0.480 e. The molecule has 17 N–H and O–H groups in total. The summed E-state index contributed by atoms with van der Waals surface area (Å²) in [6.45, 7) is 10.2. The van der Waals surface area contributed by atoms with Gasteiger partial charge < -0.3 is 75.1 Å². The summed E-state index contributed by atoms with van der Waals surface area (Å²) in [6.07, 6.45) is 1.67. The summed E-state index contributed by atoms with van der Waals surface area (Å²) in [4.78, 5) is 121. The van der Waals surface area contributed by atoms with Crippen LogP contribution >= 0.6 is 24.4 Å². The van der Waals surface area contributed by atoms with Crippen LogP contribution in [0.4, 0.5) is 0 Å². The van der Waals surface area contributed by atoms with Gasteiger partial charge in [0.15, 0.2) is 12.0 Å². The molecule has 10 atom stereocenters. The molecule has 0 fully saturated rings. The first kappa shape index (κ1) is 61.1. The molecule has 0 saturated heterocycles. The summed E-state index contributed by atoms with van der Waals surface area (Å²) in [6, 6.07) is -10.4. The van der Waals surface area contributed by atoms with Gasteiger partial charge in [-0.25, -0.2) is 4.79 Å². The SMILES string of the molecule is CC[C@H](C)[C@H](NC(=O)[C@H](CC(C)C)NC(=O)[C@@H](N)CCCN=C(N)N)C(=O)NCC(=O)N[C@@H](CS)C(=O)N[C@@H](CO)C(=O)N[C@H](C(=O)N[C@@H](CCSC)C(=O)N[C@H](C(=O)O)[C@@H](C)O)C(C)C. The summed E-state index contributed by atoms with van der Waals surface area (Å²) in [5, 5.41) is 48.9. The predicted octanol–water partition coefficient (Wildman–Crippen LogP) is -4.23. The van der Waals surface area contributed by atoms with Gasteiger partial charge in [-0.1, -0.05) is 48.0 Å². The van der Waals surface area contributed by atoms with Gasteiger partial charge in [-0.3, -0.25) is 43.3 Å². The van der Waals surface area contributed by atoms with E-state index in [1.807, 2.05) is 13.8 Å². The monoisotopic (exact) mass is 978 g/mol. The first-order chi connectivity index (χ1) is 30.8. The molecule has 0 saturated carbocycles. The summed E-state index contributed by atoms with van der Waals surface area (Å²) < 4.78 is 0. The van der Waals surface area contributed by atoms with E-state index in [1.54, 1.807) is 34.0 Å². The fourth-order valence-electron chi connectivity index (χ4n) is 5.97. The number of hydrogen-bond donors (Lipinski definition) is 15. The summed E-state index contributed by atoms with van der Waals surface area (Å²) in [7, 11) is 0. The van der Waals surface area contributed by atoms with Crippen molar-refractivity contribution in [2.45, 2.75) is 135 Å². The maximum absolute atomic E-state index is 13.5. The number of amides is 8. The van der Waals surface area contributed by atoms with E-state index in [0.29, 0.717) is 18.6 Å². The van der Waals surface area contributed by atoms with Gasteiger partial charge in [0.2, 0.25) is 47.3 Å². The molecule has 0 rings (SSSR count). The Kier molecular flexibility index (Phi) is 29.5. The topological polar surface area (TPSA) is 401 Å². The number of thiol groups is 1. The highest BCUT2D eigenvalue weighted by Crippen LogP contribution is 2.12. The minimum Gasteiger partial charge on any atom is -0.480 e. The molecular weight excluding hydrogens is 905 g/mol. The van der Waals surface area contributed by atoms with Crippen molar-refractivity contribution in [2.24, 2.45) is 39.9 Å². The Hall–Kier alpha value is -4.92. The van der Waals surface area contributed by atoms with E-state index in [-0.39, 0.29) is 43.4 Å². The van der Waals surface area contributed by atoms with Crippen LogP contribution < -0.4 is 59.7 Å². The van der Waals surface area contributed by atoms with Crippen LogP contribution in [0.15, 0.2) is 4.99 Å². The van der Waals surface area contributed by atoms with Gasteiger partial charge >= 0.3 is 5.97 Å². The molecule has 0 radical (unpaired) electrons. The Balaban J connectivity index is 5.75. The van der Waals surface area contributed by atoms with Gasteiger partial charge in [-0.2, -0.15) is 24.4 Å². The summed E-state index contributed by atoms with van der Waals surface area (Å²) >= 11 is 5.47. The minimum absolute atomic E-state index is 0.0456. The molecule has 0 bridgehead atoms. The Morgan fingerprint density at radius 1 is 0.682 bits per heavy atom. The van der Waals surface area contributed by atoms with Gasteiger partial charge in [-0.15, -0.1) is 0 Å². The fraction of sp³-hybridized carbons (Fsp3) is 0.750. The smallest absolute Gasteiger partial charge is 0.328 e. The second-order valence-corrected chi connectivity index (χ2v) is 17.9. The number of aliphatic imine (C=N–C) groups is 1. The molecule has 0 aromatic carbocycles. The molecule has 66 heavy (non-hydrogen) atoms. The average Bonchev–Trinajstić information content (AvgIpc) is 3.24. The molecule has 0 aliphatic heterocycles. The number of aliphatic hydroxyl groups is 2. The lowest BCUT2D eigenvalue weighted by molar-refractivity contribution is -0.145. The van der Waals surface area contributed by atoms with Crippen LogP contribution in [0.25, 0.3) is 0 Å². The number of guanidine groups is 1. The molecule has 8 amide bonds. The lowest BCUT2D eigenvalue weighted by atomic mass is 9.96. The molecule has 0 spiro atoms. The predicted molar refractivity (Wildman–Crippen MR) is 251 cm³/mol. The first-order valence-electron chi connectivity index (χ1n) is 21.7. The zero-order chi connectivity index (χ0) is 50.8. The fourth-order valence-corrected chi connectivity index (χ4v) is 6.70. The zero-order valence-corrected chi connectivity index (χ0v) is 40.8.